The van der Waals surface area contributed by atoms with Crippen molar-refractivity contribution < 1.29 is 13.9 Å². The quantitative estimate of drug-likeness (QED) is 0.255. The summed E-state index contributed by atoms with van der Waals surface area (Å²) >= 11 is 5.57. The summed E-state index contributed by atoms with van der Waals surface area (Å²) in [6, 6.07) is 25.5. The highest BCUT2D eigenvalue weighted by molar-refractivity contribution is 8.01. The molecule has 6 heteroatoms. The van der Waals surface area contributed by atoms with E-state index < -0.39 is 0 Å². The van der Waals surface area contributed by atoms with Crippen LogP contribution in [0.25, 0.3) is 22.5 Å². The number of hydrogen-bond acceptors (Lipinski definition) is 4. The number of methoxy groups -OCH3 is 1. The minimum atomic E-state index is 0.948. The summed E-state index contributed by atoms with van der Waals surface area (Å²) in [5.41, 5.74) is 5.21. The molecule has 0 fully saturated rings. The molecule has 0 unspecified atom stereocenters. The molecule has 4 aromatic rings. The summed E-state index contributed by atoms with van der Waals surface area (Å²) in [6.45, 7) is 0. The molecule has 2 aliphatic rings. The van der Waals surface area contributed by atoms with Gasteiger partial charge >= 0.3 is 0 Å². The molecule has 0 bridgehead atoms. The topological polar surface area (TPSA) is 17.0 Å². The number of thioether (sulfide) groups is 3. The van der Waals surface area contributed by atoms with E-state index >= 15 is 0 Å². The van der Waals surface area contributed by atoms with Crippen LogP contribution in [-0.4, -0.2) is 13.4 Å². The van der Waals surface area contributed by atoms with Gasteiger partial charge in [0, 0.05) is 34.1 Å². The first-order chi connectivity index (χ1) is 15.8. The van der Waals surface area contributed by atoms with E-state index in [0.717, 1.165) is 17.5 Å². The molecule has 0 saturated heterocycles. The summed E-state index contributed by atoms with van der Waals surface area (Å²) in [5.74, 6) is 2.93. The molecule has 2 aromatic heterocycles. The minimum absolute atomic E-state index is 0.948. The monoisotopic (exact) mass is 476 g/mol. The van der Waals surface area contributed by atoms with E-state index in [4.69, 9.17) is 4.74 Å². The third-order valence-corrected chi connectivity index (χ3v) is 8.69. The van der Waals surface area contributed by atoms with E-state index in [-0.39, 0.29) is 0 Å². The van der Waals surface area contributed by atoms with Crippen LogP contribution in [0.2, 0.25) is 0 Å². The molecular weight excluding hydrogens is 453 g/mol. The van der Waals surface area contributed by atoms with Crippen LogP contribution in [0.4, 0.5) is 0 Å². The van der Waals surface area contributed by atoms with E-state index in [2.05, 4.69) is 88.4 Å². The number of fused-ring (bicyclic) bond motifs is 6. The summed E-state index contributed by atoms with van der Waals surface area (Å²) in [4.78, 5) is 4.06. The van der Waals surface area contributed by atoms with Crippen LogP contribution < -0.4 is 13.9 Å². The summed E-state index contributed by atoms with van der Waals surface area (Å²) in [6.07, 6.45) is 6.41. The molecule has 0 radical (unpaired) electrons. The summed E-state index contributed by atoms with van der Waals surface area (Å²) in [7, 11) is 1.73. The first-order valence-corrected chi connectivity index (χ1v) is 13.6. The molecule has 0 saturated carbocycles. The van der Waals surface area contributed by atoms with Crippen molar-refractivity contribution in [3.8, 4) is 28.3 Å². The molecule has 4 heterocycles. The Bertz CT molecular complexity index is 1180. The van der Waals surface area contributed by atoms with E-state index in [0.29, 0.717) is 0 Å². The lowest BCUT2D eigenvalue weighted by Crippen LogP contribution is -2.36. The van der Waals surface area contributed by atoms with Crippen molar-refractivity contribution >= 4 is 35.3 Å². The Balaban J connectivity index is 0.000000135. The minimum Gasteiger partial charge on any atom is -0.496 e. The Morgan fingerprint density at radius 3 is 1.94 bits per heavy atom. The van der Waals surface area contributed by atoms with Gasteiger partial charge in [-0.1, -0.05) is 35.7 Å². The Labute approximate surface area is 201 Å². The summed E-state index contributed by atoms with van der Waals surface area (Å²) in [5, 5.41) is 0. The lowest BCUT2D eigenvalue weighted by Gasteiger charge is -2.16. The lowest BCUT2D eigenvalue weighted by atomic mass is 10.1. The Hall–Kier alpha value is -2.41. The zero-order valence-corrected chi connectivity index (χ0v) is 20.5. The molecule has 0 N–H and O–H groups in total. The number of benzene rings is 2. The molecule has 160 valence electrons. The third-order valence-electron chi connectivity index (χ3n) is 5.53. The van der Waals surface area contributed by atoms with Gasteiger partial charge in [0.25, 0.3) is 0 Å². The van der Waals surface area contributed by atoms with E-state index in [1.165, 1.54) is 37.2 Å². The predicted octanol–water partition coefficient (Wildman–Crippen LogP) is 6.14. The van der Waals surface area contributed by atoms with Crippen LogP contribution in [0.3, 0.4) is 0 Å². The maximum atomic E-state index is 5.40. The van der Waals surface area contributed by atoms with Gasteiger partial charge in [0.1, 0.15) is 5.75 Å². The van der Waals surface area contributed by atoms with Crippen LogP contribution >= 0.6 is 35.3 Å². The highest BCUT2D eigenvalue weighted by Crippen LogP contribution is 2.41. The maximum absolute atomic E-state index is 5.40. The van der Waals surface area contributed by atoms with Gasteiger partial charge < -0.3 is 4.74 Å². The van der Waals surface area contributed by atoms with Gasteiger partial charge in [-0.25, -0.2) is 0 Å². The van der Waals surface area contributed by atoms with Crippen molar-refractivity contribution in [2.75, 3.05) is 13.4 Å². The Kier molecular flexibility index (Phi) is 6.44. The molecule has 32 heavy (non-hydrogen) atoms. The number of hydrogen-bond donors (Lipinski definition) is 0. The van der Waals surface area contributed by atoms with Crippen LogP contribution in [0.1, 0.15) is 0 Å². The number of ether oxygens (including phenoxy) is 1. The lowest BCUT2D eigenvalue weighted by molar-refractivity contribution is -0.666. The van der Waals surface area contributed by atoms with Crippen LogP contribution in [-0.2, 0) is 11.8 Å². The van der Waals surface area contributed by atoms with Crippen molar-refractivity contribution in [1.82, 2.24) is 0 Å². The standard InChI is InChI=1S/C13H12NOS.C13H12NS2/c2*1-15-12-7-4-5-10-11-6-2-3-8-14(11)9-16-13(10)12/h2*2-8H,9H2,1H3/q2*+1. The van der Waals surface area contributed by atoms with Gasteiger partial charge in [0.05, 0.1) is 23.1 Å². The smallest absolute Gasteiger partial charge is 0.214 e. The highest BCUT2D eigenvalue weighted by Gasteiger charge is 2.25. The van der Waals surface area contributed by atoms with Crippen molar-refractivity contribution in [2.45, 2.75) is 26.4 Å². The second kappa shape index (κ2) is 9.61. The Morgan fingerprint density at radius 2 is 1.31 bits per heavy atom. The zero-order valence-electron chi connectivity index (χ0n) is 18.0. The van der Waals surface area contributed by atoms with Gasteiger partial charge in [0.15, 0.2) is 24.1 Å². The van der Waals surface area contributed by atoms with Crippen molar-refractivity contribution in [3.05, 3.63) is 85.2 Å². The molecule has 0 aliphatic carbocycles. The van der Waals surface area contributed by atoms with Gasteiger partial charge in [-0.3, -0.25) is 0 Å². The van der Waals surface area contributed by atoms with Gasteiger partial charge in [-0.15, -0.1) is 11.8 Å². The fourth-order valence-corrected chi connectivity index (χ4v) is 7.07. The van der Waals surface area contributed by atoms with Crippen LogP contribution in [0.15, 0.2) is 99.9 Å². The predicted molar refractivity (Wildman–Crippen MR) is 134 cm³/mol. The molecule has 6 rings (SSSR count). The second-order valence-corrected chi connectivity index (χ2v) is 10.1. The van der Waals surface area contributed by atoms with E-state index in [1.807, 2.05) is 47.4 Å². The fourth-order valence-electron chi connectivity index (χ4n) is 3.99. The van der Waals surface area contributed by atoms with Gasteiger partial charge in [0.2, 0.25) is 11.4 Å². The second-order valence-electron chi connectivity index (χ2n) is 7.33. The number of rotatable bonds is 2. The van der Waals surface area contributed by atoms with Crippen LogP contribution in [0, 0.1) is 0 Å². The summed E-state index contributed by atoms with van der Waals surface area (Å²) < 4.78 is 9.96. The first-order valence-electron chi connectivity index (χ1n) is 10.4. The number of pyridine rings is 2. The molecule has 2 aromatic carbocycles. The molecule has 2 aliphatic heterocycles. The normalized spacial score (nSPS) is 12.9. The average molecular weight is 477 g/mol. The number of nitrogens with zero attached hydrogens (tertiary/aromatic N) is 2. The highest BCUT2D eigenvalue weighted by atomic mass is 32.2. The zero-order chi connectivity index (χ0) is 21.9. The van der Waals surface area contributed by atoms with Gasteiger partial charge in [-0.2, -0.15) is 9.13 Å². The van der Waals surface area contributed by atoms with E-state index in [1.54, 1.807) is 7.11 Å². The van der Waals surface area contributed by atoms with Crippen molar-refractivity contribution in [1.29, 1.82) is 0 Å². The van der Waals surface area contributed by atoms with Gasteiger partial charge in [-0.05, 0) is 42.7 Å². The number of aromatic nitrogens is 2. The van der Waals surface area contributed by atoms with E-state index in [9.17, 15) is 0 Å². The molecule has 0 amide bonds. The molecular formula is C26H24N2OS3+2. The molecule has 3 nitrogen and oxygen atoms in total. The third kappa shape index (κ3) is 4.03. The SMILES string of the molecule is COc1cccc2c1SC[n+]1ccccc1-2.CSc1cccc2c1SC[n+]1ccccc1-2. The Morgan fingerprint density at radius 1 is 0.719 bits per heavy atom. The first kappa shape index (κ1) is 21.4. The average Bonchev–Trinajstić information content (AvgIpc) is 2.88. The molecule has 0 atom stereocenters. The fraction of sp³-hybridized carbons (Fsp3) is 0.154. The van der Waals surface area contributed by atoms with Crippen LogP contribution in [0.5, 0.6) is 5.75 Å². The van der Waals surface area contributed by atoms with Crippen molar-refractivity contribution in [3.63, 3.8) is 0 Å². The maximum Gasteiger partial charge on any atom is 0.214 e. The largest absolute Gasteiger partial charge is 0.496 e. The van der Waals surface area contributed by atoms with Crippen molar-refractivity contribution in [2.24, 2.45) is 0 Å². The molecule has 0 spiro atoms.